The Morgan fingerprint density at radius 2 is 1.85 bits per heavy atom. The van der Waals surface area contributed by atoms with Crippen molar-refractivity contribution in [1.29, 1.82) is 0 Å². The van der Waals surface area contributed by atoms with Crippen LogP contribution >= 0.6 is 0 Å². The van der Waals surface area contributed by atoms with E-state index in [1.807, 2.05) is 6.92 Å². The fourth-order valence-corrected chi connectivity index (χ4v) is 3.88. The SMILES string of the molecule is CC(=O)N1CCN(S(=O)(=O)c2ccc(F)cc2)C[C@H]1C. The van der Waals surface area contributed by atoms with E-state index in [-0.39, 0.29) is 29.9 Å². The fourth-order valence-electron chi connectivity index (χ4n) is 2.37. The van der Waals surface area contributed by atoms with E-state index in [0.29, 0.717) is 6.54 Å². The molecule has 0 aliphatic carbocycles. The van der Waals surface area contributed by atoms with Crippen LogP contribution in [0.4, 0.5) is 4.39 Å². The molecule has 1 atom stereocenters. The van der Waals surface area contributed by atoms with Gasteiger partial charge in [-0.25, -0.2) is 12.8 Å². The Hall–Kier alpha value is -1.47. The van der Waals surface area contributed by atoms with E-state index in [0.717, 1.165) is 12.1 Å². The maximum atomic E-state index is 12.9. The van der Waals surface area contributed by atoms with Crippen molar-refractivity contribution in [1.82, 2.24) is 9.21 Å². The van der Waals surface area contributed by atoms with E-state index in [1.165, 1.54) is 23.4 Å². The van der Waals surface area contributed by atoms with Crippen molar-refractivity contribution >= 4 is 15.9 Å². The zero-order valence-corrected chi connectivity index (χ0v) is 12.2. The molecule has 2 rings (SSSR count). The monoisotopic (exact) mass is 300 g/mol. The third-order valence-corrected chi connectivity index (χ3v) is 5.33. The lowest BCUT2D eigenvalue weighted by molar-refractivity contribution is -0.132. The summed E-state index contributed by atoms with van der Waals surface area (Å²) in [5.74, 6) is -0.532. The van der Waals surface area contributed by atoms with Crippen LogP contribution in [0.3, 0.4) is 0 Å². The minimum absolute atomic E-state index is 0.0590. The van der Waals surface area contributed by atoms with Crippen molar-refractivity contribution in [2.45, 2.75) is 24.8 Å². The molecule has 0 aromatic heterocycles. The van der Waals surface area contributed by atoms with Crippen LogP contribution in [0.1, 0.15) is 13.8 Å². The van der Waals surface area contributed by atoms with Gasteiger partial charge in [-0.3, -0.25) is 4.79 Å². The van der Waals surface area contributed by atoms with E-state index in [1.54, 1.807) is 4.90 Å². The highest BCUT2D eigenvalue weighted by Crippen LogP contribution is 2.20. The molecule has 0 bridgehead atoms. The predicted octanol–water partition coefficient (Wildman–Crippen LogP) is 1.07. The van der Waals surface area contributed by atoms with E-state index in [4.69, 9.17) is 0 Å². The number of piperazine rings is 1. The Labute approximate surface area is 118 Å². The van der Waals surface area contributed by atoms with Gasteiger partial charge in [-0.15, -0.1) is 0 Å². The maximum absolute atomic E-state index is 12.9. The molecule has 1 fully saturated rings. The summed E-state index contributed by atoms with van der Waals surface area (Å²) in [5, 5.41) is 0. The van der Waals surface area contributed by atoms with E-state index < -0.39 is 15.8 Å². The van der Waals surface area contributed by atoms with Crippen LogP contribution in [-0.2, 0) is 14.8 Å². The number of nitrogens with zero attached hydrogens (tertiary/aromatic N) is 2. The average molecular weight is 300 g/mol. The van der Waals surface area contributed by atoms with Crippen LogP contribution in [0, 0.1) is 5.82 Å². The molecule has 0 unspecified atom stereocenters. The zero-order valence-electron chi connectivity index (χ0n) is 11.4. The molecule has 20 heavy (non-hydrogen) atoms. The standard InChI is InChI=1S/C13H17FN2O3S/c1-10-9-15(7-8-16(10)11(2)17)20(18,19)13-5-3-12(14)4-6-13/h3-6,10H,7-9H2,1-2H3/t10-/m1/s1. The summed E-state index contributed by atoms with van der Waals surface area (Å²) in [6, 6.07) is 4.60. The Morgan fingerprint density at radius 1 is 1.25 bits per heavy atom. The minimum atomic E-state index is -3.63. The molecule has 7 heteroatoms. The number of hydrogen-bond donors (Lipinski definition) is 0. The first kappa shape index (κ1) is 14.9. The molecule has 1 aliphatic rings. The van der Waals surface area contributed by atoms with Crippen molar-refractivity contribution in [3.05, 3.63) is 30.1 Å². The highest BCUT2D eigenvalue weighted by Gasteiger charge is 2.33. The second-order valence-corrected chi connectivity index (χ2v) is 6.82. The molecule has 0 saturated carbocycles. The topological polar surface area (TPSA) is 57.7 Å². The first-order valence-electron chi connectivity index (χ1n) is 6.35. The smallest absolute Gasteiger partial charge is 0.243 e. The largest absolute Gasteiger partial charge is 0.338 e. The highest BCUT2D eigenvalue weighted by molar-refractivity contribution is 7.89. The normalized spacial score (nSPS) is 20.9. The molecular weight excluding hydrogens is 283 g/mol. The van der Waals surface area contributed by atoms with Crippen LogP contribution < -0.4 is 0 Å². The number of hydrogen-bond acceptors (Lipinski definition) is 3. The Morgan fingerprint density at radius 3 is 2.35 bits per heavy atom. The van der Waals surface area contributed by atoms with Crippen LogP contribution in [0.5, 0.6) is 0 Å². The second-order valence-electron chi connectivity index (χ2n) is 4.88. The quantitative estimate of drug-likeness (QED) is 0.821. The molecule has 5 nitrogen and oxygen atoms in total. The molecule has 1 amide bonds. The van der Waals surface area contributed by atoms with Gasteiger partial charge in [0, 0.05) is 32.6 Å². The van der Waals surface area contributed by atoms with Gasteiger partial charge in [0.25, 0.3) is 0 Å². The number of benzene rings is 1. The number of carbonyl (C=O) groups is 1. The minimum Gasteiger partial charge on any atom is -0.338 e. The molecular formula is C13H17FN2O3S. The summed E-state index contributed by atoms with van der Waals surface area (Å²) in [7, 11) is -3.63. The zero-order chi connectivity index (χ0) is 14.9. The summed E-state index contributed by atoms with van der Waals surface area (Å²) in [4.78, 5) is 13.1. The molecule has 1 aromatic carbocycles. The lowest BCUT2D eigenvalue weighted by atomic mass is 10.2. The number of rotatable bonds is 2. The van der Waals surface area contributed by atoms with E-state index in [9.17, 15) is 17.6 Å². The number of amides is 1. The summed E-state index contributed by atoms with van der Waals surface area (Å²) in [6.07, 6.45) is 0. The first-order chi connectivity index (χ1) is 9.32. The van der Waals surface area contributed by atoms with Crippen LogP contribution in [-0.4, -0.2) is 49.2 Å². The molecule has 0 N–H and O–H groups in total. The Bertz CT molecular complexity index is 601. The molecule has 110 valence electrons. The third-order valence-electron chi connectivity index (χ3n) is 3.45. The molecule has 1 aromatic rings. The van der Waals surface area contributed by atoms with Crippen LogP contribution in [0.15, 0.2) is 29.2 Å². The van der Waals surface area contributed by atoms with Crippen molar-refractivity contribution in [3.8, 4) is 0 Å². The molecule has 1 saturated heterocycles. The summed E-state index contributed by atoms with van der Waals surface area (Å²) in [6.45, 7) is 4.16. The van der Waals surface area contributed by atoms with Crippen molar-refractivity contribution in [2.24, 2.45) is 0 Å². The lowest BCUT2D eigenvalue weighted by Crippen LogP contribution is -2.54. The van der Waals surface area contributed by atoms with E-state index >= 15 is 0 Å². The summed E-state index contributed by atoms with van der Waals surface area (Å²) >= 11 is 0. The van der Waals surface area contributed by atoms with Crippen LogP contribution in [0.25, 0.3) is 0 Å². The average Bonchev–Trinajstić information content (AvgIpc) is 2.38. The highest BCUT2D eigenvalue weighted by atomic mass is 32.2. The van der Waals surface area contributed by atoms with Gasteiger partial charge in [0.15, 0.2) is 0 Å². The predicted molar refractivity (Wildman–Crippen MR) is 72.0 cm³/mol. The third kappa shape index (κ3) is 2.83. The van der Waals surface area contributed by atoms with Gasteiger partial charge in [0.1, 0.15) is 5.82 Å². The lowest BCUT2D eigenvalue weighted by Gasteiger charge is -2.38. The first-order valence-corrected chi connectivity index (χ1v) is 7.79. The number of halogens is 1. The molecule has 0 spiro atoms. The van der Waals surface area contributed by atoms with Gasteiger partial charge in [-0.05, 0) is 31.2 Å². The molecule has 0 radical (unpaired) electrons. The van der Waals surface area contributed by atoms with Crippen molar-refractivity contribution in [3.63, 3.8) is 0 Å². The Kier molecular flexibility index (Phi) is 4.10. The Balaban J connectivity index is 2.20. The number of carbonyl (C=O) groups excluding carboxylic acids is 1. The maximum Gasteiger partial charge on any atom is 0.243 e. The van der Waals surface area contributed by atoms with Gasteiger partial charge in [0.2, 0.25) is 15.9 Å². The fraction of sp³-hybridized carbons (Fsp3) is 0.462. The number of sulfonamides is 1. The van der Waals surface area contributed by atoms with Gasteiger partial charge in [0.05, 0.1) is 4.90 Å². The van der Waals surface area contributed by atoms with E-state index in [2.05, 4.69) is 0 Å². The van der Waals surface area contributed by atoms with Gasteiger partial charge in [-0.2, -0.15) is 4.31 Å². The molecule has 1 heterocycles. The van der Waals surface area contributed by atoms with Gasteiger partial charge in [-0.1, -0.05) is 0 Å². The van der Waals surface area contributed by atoms with Crippen LogP contribution in [0.2, 0.25) is 0 Å². The van der Waals surface area contributed by atoms with Gasteiger partial charge < -0.3 is 4.90 Å². The van der Waals surface area contributed by atoms with Gasteiger partial charge >= 0.3 is 0 Å². The van der Waals surface area contributed by atoms with Crippen molar-refractivity contribution in [2.75, 3.05) is 19.6 Å². The second kappa shape index (κ2) is 5.49. The summed E-state index contributed by atoms with van der Waals surface area (Å²) < 4.78 is 39.0. The van der Waals surface area contributed by atoms with Crippen molar-refractivity contribution < 1.29 is 17.6 Å². The summed E-state index contributed by atoms with van der Waals surface area (Å²) in [5.41, 5.74) is 0. The molecule has 1 aliphatic heterocycles.